The molecule has 4 aliphatic rings. The minimum atomic E-state index is -1.16. The van der Waals surface area contributed by atoms with Gasteiger partial charge in [0, 0.05) is 39.0 Å². The number of carbonyl (C=O) groups is 4. The molecule has 2 heterocycles. The van der Waals surface area contributed by atoms with Gasteiger partial charge >= 0.3 is 0 Å². The van der Waals surface area contributed by atoms with Gasteiger partial charge in [-0.05, 0) is 93.2 Å². The molecule has 40 heavy (non-hydrogen) atoms. The van der Waals surface area contributed by atoms with Gasteiger partial charge in [-0.3, -0.25) is 28.7 Å². The lowest BCUT2D eigenvalue weighted by Gasteiger charge is -2.57. The van der Waals surface area contributed by atoms with E-state index >= 15 is 0 Å². The van der Waals surface area contributed by atoms with Crippen LogP contribution >= 0.6 is 0 Å². The number of Topliss-reactive ketones (excluding diaryl/α,β-unsaturated/α-hetero) is 1. The SMILES string of the molecule is CCNC(=O)C(=O)CC[C@H](NC(=O)c1ccnn1C)C(=O)Nc1cccn(CC23CC4CC(CC(C4)C2)C3)c1=O. The van der Waals surface area contributed by atoms with Crippen LogP contribution in [-0.4, -0.2) is 50.4 Å². The predicted octanol–water partition coefficient (Wildman–Crippen LogP) is 2.02. The van der Waals surface area contributed by atoms with Crippen LogP contribution in [0.3, 0.4) is 0 Å². The maximum Gasteiger partial charge on any atom is 0.287 e. The Morgan fingerprint density at radius 2 is 1.75 bits per heavy atom. The predicted molar refractivity (Wildman–Crippen MR) is 147 cm³/mol. The Hall–Kier alpha value is -3.76. The molecule has 6 rings (SSSR count). The van der Waals surface area contributed by atoms with Crippen LogP contribution in [0.25, 0.3) is 0 Å². The van der Waals surface area contributed by atoms with Crippen LogP contribution in [-0.2, 0) is 28.0 Å². The van der Waals surface area contributed by atoms with Crippen molar-refractivity contribution in [2.75, 3.05) is 11.9 Å². The third kappa shape index (κ3) is 5.88. The molecule has 1 atom stereocenters. The van der Waals surface area contributed by atoms with Crippen molar-refractivity contribution in [1.29, 1.82) is 0 Å². The summed E-state index contributed by atoms with van der Waals surface area (Å²) in [6.45, 7) is 2.64. The van der Waals surface area contributed by atoms with Gasteiger partial charge < -0.3 is 20.5 Å². The van der Waals surface area contributed by atoms with Crippen molar-refractivity contribution in [2.24, 2.45) is 30.2 Å². The molecule has 2 aromatic rings. The number of carbonyl (C=O) groups excluding carboxylic acids is 4. The number of nitrogens with zero attached hydrogens (tertiary/aromatic N) is 3. The molecule has 4 saturated carbocycles. The van der Waals surface area contributed by atoms with Gasteiger partial charge in [0.05, 0.1) is 0 Å². The first-order chi connectivity index (χ1) is 19.2. The fraction of sp³-hybridized carbons (Fsp3) is 0.586. The molecule has 4 fully saturated rings. The number of hydrogen-bond donors (Lipinski definition) is 3. The van der Waals surface area contributed by atoms with Crippen LogP contribution in [0.15, 0.2) is 35.4 Å². The second-order valence-electron chi connectivity index (χ2n) is 11.9. The first-order valence-corrected chi connectivity index (χ1v) is 14.3. The van der Waals surface area contributed by atoms with Gasteiger partial charge in [-0.2, -0.15) is 5.10 Å². The van der Waals surface area contributed by atoms with Crippen LogP contribution in [0.2, 0.25) is 0 Å². The molecule has 0 radical (unpaired) electrons. The van der Waals surface area contributed by atoms with Crippen molar-refractivity contribution < 1.29 is 19.2 Å². The Labute approximate surface area is 233 Å². The maximum absolute atomic E-state index is 13.5. The lowest BCUT2D eigenvalue weighted by atomic mass is 9.49. The molecule has 11 nitrogen and oxygen atoms in total. The monoisotopic (exact) mass is 550 g/mol. The minimum absolute atomic E-state index is 0.111. The number of rotatable bonds is 11. The van der Waals surface area contributed by atoms with E-state index < -0.39 is 29.5 Å². The third-order valence-electron chi connectivity index (χ3n) is 8.87. The molecule has 0 unspecified atom stereocenters. The number of aryl methyl sites for hydroxylation is 1. The smallest absolute Gasteiger partial charge is 0.287 e. The summed E-state index contributed by atoms with van der Waals surface area (Å²) in [5, 5.41) is 11.7. The highest BCUT2D eigenvalue weighted by Gasteiger charge is 2.51. The molecule has 4 bridgehead atoms. The van der Waals surface area contributed by atoms with Gasteiger partial charge in [-0.25, -0.2) is 0 Å². The summed E-state index contributed by atoms with van der Waals surface area (Å²) in [6, 6.07) is 3.65. The Balaban J connectivity index is 1.31. The van der Waals surface area contributed by atoms with Crippen molar-refractivity contribution in [3.05, 3.63) is 46.6 Å². The molecule has 0 saturated heterocycles. The molecular formula is C29H38N6O5. The standard InChI is InChI=1S/C29H38N6O5/c1-3-30-27(39)24(36)7-6-21(32-26(38)23-8-9-31-34(23)2)25(37)33-22-5-4-10-35(28(22)40)17-29-14-18-11-19(15-29)13-20(12-18)16-29/h4-5,8-10,18-21H,3,6-7,11-17H2,1-2H3,(H,30,39)(H,32,38)(H,33,37)/t18?,19?,20?,21-,29?/m0/s1. The van der Waals surface area contributed by atoms with Gasteiger partial charge in [-0.15, -0.1) is 0 Å². The first kappa shape index (κ1) is 27.8. The number of anilines is 1. The summed E-state index contributed by atoms with van der Waals surface area (Å²) < 4.78 is 3.08. The number of likely N-dealkylation sites (N-methyl/N-ethyl adjacent to an activating group) is 1. The number of ketones is 1. The molecule has 214 valence electrons. The second-order valence-corrected chi connectivity index (χ2v) is 11.9. The first-order valence-electron chi connectivity index (χ1n) is 14.3. The van der Waals surface area contributed by atoms with Crippen LogP contribution < -0.4 is 21.5 Å². The number of aromatic nitrogens is 3. The number of pyridine rings is 1. The lowest BCUT2D eigenvalue weighted by Crippen LogP contribution is -2.49. The Bertz CT molecular complexity index is 1330. The average molecular weight is 551 g/mol. The highest BCUT2D eigenvalue weighted by molar-refractivity contribution is 6.36. The van der Waals surface area contributed by atoms with E-state index in [1.54, 1.807) is 36.9 Å². The molecule has 11 heteroatoms. The van der Waals surface area contributed by atoms with E-state index in [0.717, 1.165) is 37.0 Å². The van der Waals surface area contributed by atoms with Crippen molar-refractivity contribution in [3.8, 4) is 0 Å². The number of nitrogens with one attached hydrogen (secondary N) is 3. The normalized spacial score (nSPS) is 25.3. The van der Waals surface area contributed by atoms with Gasteiger partial charge in [0.15, 0.2) is 0 Å². The second kappa shape index (κ2) is 11.4. The molecular weight excluding hydrogens is 512 g/mol. The third-order valence-corrected chi connectivity index (χ3v) is 8.87. The molecule has 0 spiro atoms. The minimum Gasteiger partial charge on any atom is -0.350 e. The zero-order valence-corrected chi connectivity index (χ0v) is 23.2. The van der Waals surface area contributed by atoms with E-state index in [9.17, 15) is 24.0 Å². The van der Waals surface area contributed by atoms with E-state index in [1.165, 1.54) is 36.2 Å². The van der Waals surface area contributed by atoms with Crippen LogP contribution in [0.5, 0.6) is 0 Å². The van der Waals surface area contributed by atoms with Crippen LogP contribution in [0, 0.1) is 23.2 Å². The van der Waals surface area contributed by atoms with Crippen LogP contribution in [0.4, 0.5) is 5.69 Å². The molecule has 0 aliphatic heterocycles. The fourth-order valence-electron chi connectivity index (χ4n) is 7.57. The molecule has 0 aromatic carbocycles. The Morgan fingerprint density at radius 1 is 1.07 bits per heavy atom. The van der Waals surface area contributed by atoms with Crippen molar-refractivity contribution in [2.45, 2.75) is 70.9 Å². The van der Waals surface area contributed by atoms with Crippen molar-refractivity contribution in [3.63, 3.8) is 0 Å². The zero-order valence-electron chi connectivity index (χ0n) is 23.2. The highest BCUT2D eigenvalue weighted by Crippen LogP contribution is 2.60. The van der Waals surface area contributed by atoms with Gasteiger partial charge in [0.25, 0.3) is 17.4 Å². The van der Waals surface area contributed by atoms with E-state index in [2.05, 4.69) is 21.0 Å². The summed E-state index contributed by atoms with van der Waals surface area (Å²) in [4.78, 5) is 63.9. The quantitative estimate of drug-likeness (QED) is 0.365. The topological polar surface area (TPSA) is 144 Å². The molecule has 3 N–H and O–H groups in total. The average Bonchev–Trinajstić information content (AvgIpc) is 3.33. The number of amides is 3. The summed E-state index contributed by atoms with van der Waals surface area (Å²) in [5.41, 5.74) is 0.194. The maximum atomic E-state index is 13.5. The molecule has 3 amide bonds. The summed E-state index contributed by atoms with van der Waals surface area (Å²) >= 11 is 0. The van der Waals surface area contributed by atoms with E-state index in [1.807, 2.05) is 0 Å². The Kier molecular flexibility index (Phi) is 7.91. The van der Waals surface area contributed by atoms with Crippen molar-refractivity contribution >= 4 is 29.2 Å². The fourth-order valence-corrected chi connectivity index (χ4v) is 7.57. The van der Waals surface area contributed by atoms with Gasteiger partial charge in [-0.1, -0.05) is 0 Å². The summed E-state index contributed by atoms with van der Waals surface area (Å²) in [7, 11) is 1.60. The van der Waals surface area contributed by atoms with E-state index in [4.69, 9.17) is 0 Å². The van der Waals surface area contributed by atoms with E-state index in [-0.39, 0.29) is 35.2 Å². The molecule has 2 aromatic heterocycles. The lowest BCUT2D eigenvalue weighted by molar-refractivity contribution is -0.138. The summed E-state index contributed by atoms with van der Waals surface area (Å²) in [5.74, 6) is -0.341. The van der Waals surface area contributed by atoms with Gasteiger partial charge in [0.2, 0.25) is 11.7 Å². The Morgan fingerprint density at radius 3 is 2.35 bits per heavy atom. The largest absolute Gasteiger partial charge is 0.350 e. The number of hydrogen-bond acceptors (Lipinski definition) is 6. The zero-order chi connectivity index (χ0) is 28.4. The summed E-state index contributed by atoms with van der Waals surface area (Å²) in [6.07, 6.45) is 10.3. The molecule has 4 aliphatic carbocycles. The van der Waals surface area contributed by atoms with Crippen molar-refractivity contribution in [1.82, 2.24) is 25.0 Å². The van der Waals surface area contributed by atoms with Gasteiger partial charge in [0.1, 0.15) is 17.4 Å². The van der Waals surface area contributed by atoms with E-state index in [0.29, 0.717) is 13.1 Å². The van der Waals surface area contributed by atoms with Crippen LogP contribution in [0.1, 0.15) is 68.8 Å². The highest BCUT2D eigenvalue weighted by atomic mass is 16.2.